The van der Waals surface area contributed by atoms with Crippen molar-refractivity contribution in [2.24, 2.45) is 0 Å². The molecule has 1 atom stereocenters. The number of carboxylic acid groups (broad SMARTS) is 1. The van der Waals surface area contributed by atoms with Crippen molar-refractivity contribution < 1.29 is 18.7 Å². The van der Waals surface area contributed by atoms with Gasteiger partial charge < -0.3 is 10.4 Å². The topological polar surface area (TPSA) is 49.3 Å². The molecule has 1 rings (SSSR count). The molecular formula is C8H13F2NO2S. The van der Waals surface area contributed by atoms with Crippen molar-refractivity contribution in [1.29, 1.82) is 0 Å². The van der Waals surface area contributed by atoms with Crippen molar-refractivity contribution >= 4 is 17.7 Å². The van der Waals surface area contributed by atoms with Gasteiger partial charge in [-0.15, -0.1) is 0 Å². The molecule has 3 nitrogen and oxygen atoms in total. The van der Waals surface area contributed by atoms with E-state index >= 15 is 0 Å². The van der Waals surface area contributed by atoms with Crippen molar-refractivity contribution in [3.05, 3.63) is 0 Å². The third-order valence-corrected chi connectivity index (χ3v) is 3.87. The monoisotopic (exact) mass is 225 g/mol. The number of thioether (sulfide) groups is 1. The number of carboxylic acids is 1. The molecule has 1 unspecified atom stereocenters. The highest BCUT2D eigenvalue weighted by molar-refractivity contribution is 8.02. The average molecular weight is 225 g/mol. The minimum atomic E-state index is -3.67. The first-order valence-electron chi connectivity index (χ1n) is 4.24. The largest absolute Gasteiger partial charge is 0.477 e. The third kappa shape index (κ3) is 2.36. The molecule has 14 heavy (non-hydrogen) atoms. The van der Waals surface area contributed by atoms with Gasteiger partial charge in [-0.3, -0.25) is 0 Å². The first kappa shape index (κ1) is 11.7. The summed E-state index contributed by atoms with van der Waals surface area (Å²) in [6.07, 6.45) is 0. The van der Waals surface area contributed by atoms with Gasteiger partial charge in [0.2, 0.25) is 0 Å². The van der Waals surface area contributed by atoms with Crippen LogP contribution >= 0.6 is 11.8 Å². The first-order valence-corrected chi connectivity index (χ1v) is 5.23. The summed E-state index contributed by atoms with van der Waals surface area (Å²) in [6.45, 7) is 3.09. The molecule has 1 aliphatic heterocycles. The molecule has 6 heteroatoms. The molecule has 0 bridgehead atoms. The summed E-state index contributed by atoms with van der Waals surface area (Å²) < 4.78 is 25.2. The summed E-state index contributed by atoms with van der Waals surface area (Å²) in [5.74, 6) is -4.99. The first-order chi connectivity index (χ1) is 6.26. The van der Waals surface area contributed by atoms with Crippen LogP contribution in [0, 0.1) is 0 Å². The smallest absolute Gasteiger partial charge is 0.375 e. The van der Waals surface area contributed by atoms with Gasteiger partial charge in [0.1, 0.15) is 0 Å². The van der Waals surface area contributed by atoms with Gasteiger partial charge >= 0.3 is 11.9 Å². The number of hydrogen-bond donors (Lipinski definition) is 2. The Kier molecular flexibility index (Phi) is 3.06. The maximum absolute atomic E-state index is 12.7. The second kappa shape index (κ2) is 3.66. The van der Waals surface area contributed by atoms with E-state index in [1.165, 1.54) is 0 Å². The SMILES string of the molecule is CC1(C)SCC1NCC(F)(F)C(=O)O. The Bertz CT molecular complexity index is 245. The molecule has 0 aromatic heterocycles. The molecule has 1 aliphatic rings. The molecule has 0 saturated carbocycles. The molecule has 0 radical (unpaired) electrons. The van der Waals surface area contributed by atoms with Crippen LogP contribution in [0.15, 0.2) is 0 Å². The summed E-state index contributed by atoms with van der Waals surface area (Å²) in [4.78, 5) is 10.1. The summed E-state index contributed by atoms with van der Waals surface area (Å²) in [5.41, 5.74) is 0. The van der Waals surface area contributed by atoms with Crippen LogP contribution in [0.5, 0.6) is 0 Å². The number of nitrogens with one attached hydrogen (secondary N) is 1. The Hall–Kier alpha value is -0.360. The Labute approximate surface area is 85.2 Å². The highest BCUT2D eigenvalue weighted by Crippen LogP contribution is 2.40. The van der Waals surface area contributed by atoms with Gasteiger partial charge in [-0.05, 0) is 13.8 Å². The van der Waals surface area contributed by atoms with Crippen molar-refractivity contribution in [3.8, 4) is 0 Å². The van der Waals surface area contributed by atoms with E-state index in [2.05, 4.69) is 5.32 Å². The Morgan fingerprint density at radius 3 is 2.57 bits per heavy atom. The van der Waals surface area contributed by atoms with Gasteiger partial charge in [-0.1, -0.05) is 0 Å². The van der Waals surface area contributed by atoms with Crippen LogP contribution in [0.3, 0.4) is 0 Å². The lowest BCUT2D eigenvalue weighted by molar-refractivity contribution is -0.164. The van der Waals surface area contributed by atoms with Crippen molar-refractivity contribution in [2.45, 2.75) is 30.6 Å². The van der Waals surface area contributed by atoms with E-state index in [-0.39, 0.29) is 10.8 Å². The molecule has 0 aromatic carbocycles. The zero-order chi connectivity index (χ0) is 11.0. The van der Waals surface area contributed by atoms with Gasteiger partial charge in [0.05, 0.1) is 6.54 Å². The maximum atomic E-state index is 12.7. The number of hydrogen-bond acceptors (Lipinski definition) is 3. The van der Waals surface area contributed by atoms with Crippen molar-refractivity contribution in [1.82, 2.24) is 5.32 Å². The summed E-state index contributed by atoms with van der Waals surface area (Å²) in [5, 5.41) is 10.8. The number of alkyl halides is 2. The van der Waals surface area contributed by atoms with E-state index in [0.717, 1.165) is 5.75 Å². The second-order valence-corrected chi connectivity index (χ2v) is 5.53. The Morgan fingerprint density at radius 1 is 1.71 bits per heavy atom. The van der Waals surface area contributed by atoms with Gasteiger partial charge in [-0.25, -0.2) is 4.79 Å². The fraction of sp³-hybridized carbons (Fsp3) is 0.875. The van der Waals surface area contributed by atoms with Crippen LogP contribution < -0.4 is 5.32 Å². The molecule has 0 spiro atoms. The van der Waals surface area contributed by atoms with Crippen LogP contribution in [0.4, 0.5) is 8.78 Å². The maximum Gasteiger partial charge on any atom is 0.375 e. The predicted octanol–water partition coefficient (Wildman–Crippen LogP) is 1.19. The number of carbonyl (C=O) groups is 1. The van der Waals surface area contributed by atoms with E-state index in [4.69, 9.17) is 5.11 Å². The lowest BCUT2D eigenvalue weighted by Gasteiger charge is -2.44. The van der Waals surface area contributed by atoms with E-state index < -0.39 is 18.4 Å². The standard InChI is InChI=1S/C8H13F2NO2S/c1-7(2)5(3-14-7)11-4-8(9,10)6(12)13/h5,11H,3-4H2,1-2H3,(H,12,13). The summed E-state index contributed by atoms with van der Waals surface area (Å²) in [6, 6.07) is -0.0299. The lowest BCUT2D eigenvalue weighted by Crippen LogP contribution is -2.57. The molecule has 1 fully saturated rings. The normalized spacial score (nSPS) is 25.6. The molecule has 1 heterocycles. The second-order valence-electron chi connectivity index (χ2n) is 3.86. The molecule has 1 saturated heterocycles. The third-order valence-electron chi connectivity index (χ3n) is 2.34. The number of aliphatic carboxylic acids is 1. The molecule has 0 aromatic rings. The zero-order valence-electron chi connectivity index (χ0n) is 8.01. The van der Waals surface area contributed by atoms with Crippen molar-refractivity contribution in [2.75, 3.05) is 12.3 Å². The van der Waals surface area contributed by atoms with Crippen molar-refractivity contribution in [3.63, 3.8) is 0 Å². The minimum absolute atomic E-state index is 0.0299. The lowest BCUT2D eigenvalue weighted by atomic mass is 10.0. The fourth-order valence-corrected chi connectivity index (χ4v) is 2.33. The van der Waals surface area contributed by atoms with Crippen LogP contribution in [-0.2, 0) is 4.79 Å². The Balaban J connectivity index is 2.38. The number of halogens is 2. The highest BCUT2D eigenvalue weighted by Gasteiger charge is 2.44. The van der Waals surface area contributed by atoms with Gasteiger partial charge in [0, 0.05) is 16.5 Å². The Morgan fingerprint density at radius 2 is 2.29 bits per heavy atom. The van der Waals surface area contributed by atoms with E-state index in [1.54, 1.807) is 11.8 Å². The van der Waals surface area contributed by atoms with E-state index in [1.807, 2.05) is 13.8 Å². The van der Waals surface area contributed by atoms with Gasteiger partial charge in [0.15, 0.2) is 0 Å². The van der Waals surface area contributed by atoms with Crippen LogP contribution in [0.1, 0.15) is 13.8 Å². The molecule has 2 N–H and O–H groups in total. The molecule has 0 amide bonds. The molecular weight excluding hydrogens is 212 g/mol. The van der Waals surface area contributed by atoms with Crippen LogP contribution in [0.2, 0.25) is 0 Å². The van der Waals surface area contributed by atoms with Gasteiger partial charge in [-0.2, -0.15) is 20.5 Å². The quantitative estimate of drug-likeness (QED) is 0.754. The van der Waals surface area contributed by atoms with Crippen LogP contribution in [-0.4, -0.2) is 40.1 Å². The van der Waals surface area contributed by atoms with E-state index in [0.29, 0.717) is 0 Å². The zero-order valence-corrected chi connectivity index (χ0v) is 8.83. The minimum Gasteiger partial charge on any atom is -0.477 e. The predicted molar refractivity (Wildman–Crippen MR) is 50.9 cm³/mol. The molecule has 0 aliphatic carbocycles. The highest BCUT2D eigenvalue weighted by atomic mass is 32.2. The van der Waals surface area contributed by atoms with Crippen LogP contribution in [0.25, 0.3) is 0 Å². The number of rotatable bonds is 4. The fourth-order valence-electron chi connectivity index (χ4n) is 1.13. The summed E-state index contributed by atoms with van der Waals surface area (Å²) >= 11 is 1.67. The van der Waals surface area contributed by atoms with E-state index in [9.17, 15) is 13.6 Å². The summed E-state index contributed by atoms with van der Waals surface area (Å²) in [7, 11) is 0. The average Bonchev–Trinajstić information content (AvgIpc) is 2.02. The van der Waals surface area contributed by atoms with Gasteiger partial charge in [0.25, 0.3) is 0 Å². The molecule has 82 valence electrons.